The van der Waals surface area contributed by atoms with Gasteiger partial charge in [0.1, 0.15) is 0 Å². The molecule has 0 saturated heterocycles. The predicted molar refractivity (Wildman–Crippen MR) is 211 cm³/mol. The summed E-state index contributed by atoms with van der Waals surface area (Å²) in [6, 6.07) is 57.9. The summed E-state index contributed by atoms with van der Waals surface area (Å²) in [7, 11) is 0. The van der Waals surface area contributed by atoms with Gasteiger partial charge in [-0.2, -0.15) is 0 Å². The average Bonchev–Trinajstić information content (AvgIpc) is 3.14. The second-order valence-electron chi connectivity index (χ2n) is 12.9. The molecule has 10 aromatic carbocycles. The second-order valence-corrected chi connectivity index (χ2v) is 12.9. The highest BCUT2D eigenvalue weighted by Gasteiger charge is 2.15. The van der Waals surface area contributed by atoms with Gasteiger partial charge in [0.05, 0.1) is 0 Å². The summed E-state index contributed by atoms with van der Waals surface area (Å²) < 4.78 is 0. The molecular weight excluding hydrogens is 577 g/mol. The van der Waals surface area contributed by atoms with E-state index in [1.165, 1.54) is 97.7 Å². The molecule has 0 aliphatic carbocycles. The number of benzene rings is 10. The van der Waals surface area contributed by atoms with Crippen LogP contribution in [0, 0.1) is 0 Å². The Kier molecular flexibility index (Phi) is 5.98. The molecule has 0 heteroatoms. The van der Waals surface area contributed by atoms with Crippen LogP contribution in [-0.2, 0) is 0 Å². The first-order valence-corrected chi connectivity index (χ1v) is 16.7. The van der Waals surface area contributed by atoms with Gasteiger partial charge in [0, 0.05) is 0 Å². The van der Waals surface area contributed by atoms with E-state index in [1.54, 1.807) is 0 Å². The Balaban J connectivity index is 1.08. The molecule has 0 saturated carbocycles. The minimum atomic E-state index is 1.21. The molecule has 10 rings (SSSR count). The number of hydrogen-bond acceptors (Lipinski definition) is 0. The van der Waals surface area contributed by atoms with Crippen molar-refractivity contribution >= 4 is 99.7 Å². The van der Waals surface area contributed by atoms with E-state index in [4.69, 9.17) is 0 Å². The van der Waals surface area contributed by atoms with Crippen molar-refractivity contribution < 1.29 is 0 Å². The topological polar surface area (TPSA) is 0 Å². The van der Waals surface area contributed by atoms with Gasteiger partial charge in [-0.25, -0.2) is 0 Å². The maximum absolute atomic E-state index is 2.33. The fourth-order valence-corrected chi connectivity index (χ4v) is 7.79. The minimum Gasteiger partial charge on any atom is -0.0616 e. The van der Waals surface area contributed by atoms with E-state index in [2.05, 4.69) is 182 Å². The molecule has 48 heavy (non-hydrogen) atoms. The van der Waals surface area contributed by atoms with Gasteiger partial charge in [0.25, 0.3) is 0 Å². The van der Waals surface area contributed by atoms with Gasteiger partial charge in [0.2, 0.25) is 0 Å². The fourth-order valence-electron chi connectivity index (χ4n) is 7.79. The molecule has 0 radical (unpaired) electrons. The molecule has 0 amide bonds. The Bertz CT molecular complexity index is 2920. The molecule has 222 valence electrons. The summed E-state index contributed by atoms with van der Waals surface area (Å²) in [5.41, 5.74) is 4.89. The predicted octanol–water partition coefficient (Wildman–Crippen LogP) is 13.5. The largest absolute Gasteiger partial charge is 0.0616 e. The van der Waals surface area contributed by atoms with Crippen LogP contribution in [0.3, 0.4) is 0 Å². The second kappa shape index (κ2) is 10.7. The van der Waals surface area contributed by atoms with E-state index in [-0.39, 0.29) is 0 Å². The van der Waals surface area contributed by atoms with Crippen molar-refractivity contribution in [1.29, 1.82) is 0 Å². The highest BCUT2D eigenvalue weighted by Crippen LogP contribution is 2.42. The lowest BCUT2D eigenvalue weighted by molar-refractivity contribution is 1.70. The first-order chi connectivity index (χ1) is 23.8. The van der Waals surface area contributed by atoms with Gasteiger partial charge in [-0.1, -0.05) is 158 Å². The smallest absolute Gasteiger partial charge is 0.00204 e. The van der Waals surface area contributed by atoms with Gasteiger partial charge in [-0.05, 0) is 122 Å². The van der Waals surface area contributed by atoms with Crippen molar-refractivity contribution in [3.8, 4) is 0 Å². The minimum absolute atomic E-state index is 1.21. The number of fused-ring (bicyclic) bond motifs is 5. The van der Waals surface area contributed by atoms with Crippen molar-refractivity contribution in [3.63, 3.8) is 0 Å². The van der Waals surface area contributed by atoms with Crippen LogP contribution in [0.2, 0.25) is 0 Å². The molecule has 0 aliphatic rings. The van der Waals surface area contributed by atoms with E-state index in [0.29, 0.717) is 0 Å². The molecule has 0 atom stereocenters. The van der Waals surface area contributed by atoms with Crippen molar-refractivity contribution in [2.24, 2.45) is 0 Å². The third-order valence-electron chi connectivity index (χ3n) is 10.1. The van der Waals surface area contributed by atoms with Crippen molar-refractivity contribution in [1.82, 2.24) is 0 Å². The lowest BCUT2D eigenvalue weighted by Crippen LogP contribution is -1.90. The summed E-state index contributed by atoms with van der Waals surface area (Å²) in [4.78, 5) is 0. The number of rotatable bonds is 4. The third-order valence-corrected chi connectivity index (χ3v) is 10.1. The van der Waals surface area contributed by atoms with E-state index in [9.17, 15) is 0 Å². The van der Waals surface area contributed by atoms with Crippen molar-refractivity contribution in [2.45, 2.75) is 0 Å². The molecule has 10 aromatic rings. The maximum Gasteiger partial charge on any atom is -0.00204 e. The molecule has 0 fully saturated rings. The van der Waals surface area contributed by atoms with Crippen molar-refractivity contribution in [3.05, 3.63) is 180 Å². The fraction of sp³-hybridized carbons (Fsp3) is 0. The zero-order valence-electron chi connectivity index (χ0n) is 26.3. The third kappa shape index (κ3) is 4.31. The van der Waals surface area contributed by atoms with Crippen LogP contribution in [0.1, 0.15) is 22.3 Å². The molecule has 0 bridgehead atoms. The SMILES string of the molecule is C(=C\c1ccc2c3cccc4c(/C=C/c5ccc6cc7ccccc7cc6c5)ccc(c5cccc1c52)c43)/c1ccc2ccccc2c1. The number of hydrogen-bond donors (Lipinski definition) is 0. The molecule has 0 heterocycles. The summed E-state index contributed by atoms with van der Waals surface area (Å²) in [5, 5.41) is 18.1. The van der Waals surface area contributed by atoms with E-state index in [0.717, 1.165) is 0 Å². The van der Waals surface area contributed by atoms with Crippen LogP contribution in [0.15, 0.2) is 158 Å². The van der Waals surface area contributed by atoms with Gasteiger partial charge >= 0.3 is 0 Å². The molecule has 0 unspecified atom stereocenters. The van der Waals surface area contributed by atoms with E-state index in [1.807, 2.05) is 0 Å². The standard InChI is InChI=1S/C48H30/c1-2-8-36-27-31(15-19-33(36)7-1)16-20-34-23-25-45-44-14-6-12-42-35(24-26-46(48(42)44)43-13-5-11-41(34)47(43)45)21-17-32-18-22-39-29-37-9-3-4-10-38(37)30-40(39)28-32/h1-30H/b20-16+,21-17+. The quantitative estimate of drug-likeness (QED) is 0.106. The Morgan fingerprint density at radius 3 is 1.25 bits per heavy atom. The Labute approximate surface area is 278 Å². The average molecular weight is 607 g/mol. The molecule has 0 aliphatic heterocycles. The summed E-state index contributed by atoms with van der Waals surface area (Å²) in [5.74, 6) is 0. The monoisotopic (exact) mass is 606 g/mol. The first kappa shape index (κ1) is 26.9. The van der Waals surface area contributed by atoms with Crippen LogP contribution >= 0.6 is 0 Å². The van der Waals surface area contributed by atoms with Gasteiger partial charge in [-0.3, -0.25) is 0 Å². The Morgan fingerprint density at radius 1 is 0.250 bits per heavy atom. The van der Waals surface area contributed by atoms with E-state index >= 15 is 0 Å². The first-order valence-electron chi connectivity index (χ1n) is 16.7. The van der Waals surface area contributed by atoms with Crippen LogP contribution in [0.25, 0.3) is 99.7 Å². The Hall–Kier alpha value is -6.24. The van der Waals surface area contributed by atoms with Gasteiger partial charge < -0.3 is 0 Å². The van der Waals surface area contributed by atoms with Crippen LogP contribution in [0.4, 0.5) is 0 Å². The lowest BCUT2D eigenvalue weighted by atomic mass is 9.87. The summed E-state index contributed by atoms with van der Waals surface area (Å²) in [6.45, 7) is 0. The zero-order valence-corrected chi connectivity index (χ0v) is 26.3. The van der Waals surface area contributed by atoms with Crippen molar-refractivity contribution in [2.75, 3.05) is 0 Å². The maximum atomic E-state index is 2.33. The highest BCUT2D eigenvalue weighted by molar-refractivity contribution is 6.34. The van der Waals surface area contributed by atoms with E-state index < -0.39 is 0 Å². The summed E-state index contributed by atoms with van der Waals surface area (Å²) >= 11 is 0. The van der Waals surface area contributed by atoms with Gasteiger partial charge in [0.15, 0.2) is 0 Å². The van der Waals surface area contributed by atoms with Crippen LogP contribution in [0.5, 0.6) is 0 Å². The van der Waals surface area contributed by atoms with Crippen LogP contribution in [-0.4, -0.2) is 0 Å². The van der Waals surface area contributed by atoms with Crippen LogP contribution < -0.4 is 0 Å². The lowest BCUT2D eigenvalue weighted by Gasteiger charge is -2.16. The molecule has 0 N–H and O–H groups in total. The summed E-state index contributed by atoms with van der Waals surface area (Å²) in [6.07, 6.45) is 9.04. The highest BCUT2D eigenvalue weighted by atomic mass is 14.2. The Morgan fingerprint density at radius 2 is 0.667 bits per heavy atom. The molecule has 0 spiro atoms. The normalized spacial score (nSPS) is 12.4. The molecular formula is C48H30. The van der Waals surface area contributed by atoms with Gasteiger partial charge in [-0.15, -0.1) is 0 Å². The molecule has 0 aromatic heterocycles. The molecule has 0 nitrogen and oxygen atoms in total. The zero-order chi connectivity index (χ0) is 31.6.